The molecule has 1 aliphatic rings. The molecule has 0 spiro atoms. The third-order valence-corrected chi connectivity index (χ3v) is 8.65. The van der Waals surface area contributed by atoms with E-state index in [0.717, 1.165) is 3.92 Å². The van der Waals surface area contributed by atoms with Gasteiger partial charge in [-0.3, -0.25) is 0 Å². The molecule has 0 aromatic heterocycles. The second-order valence-electron chi connectivity index (χ2n) is 7.44. The fourth-order valence-electron chi connectivity index (χ4n) is 3.34. The molecule has 2 unspecified atom stereocenters. The topological polar surface area (TPSA) is 9.23 Å². The van der Waals surface area contributed by atoms with E-state index in [0.29, 0.717) is 6.10 Å². The molecule has 2 atom stereocenters. The zero-order chi connectivity index (χ0) is 15.6. The number of hydrogen-bond donors (Lipinski definition) is 0. The molecule has 1 rings (SSSR count). The van der Waals surface area contributed by atoms with E-state index >= 15 is 0 Å². The van der Waals surface area contributed by atoms with Crippen LogP contribution in [0.1, 0.15) is 84.0 Å². The van der Waals surface area contributed by atoms with E-state index < -0.39 is 8.32 Å². The van der Waals surface area contributed by atoms with E-state index in [1.807, 2.05) is 0 Å². The Morgan fingerprint density at radius 2 is 1.52 bits per heavy atom. The summed E-state index contributed by atoms with van der Waals surface area (Å²) in [5.74, 6) is 0. The van der Waals surface area contributed by atoms with Gasteiger partial charge in [-0.05, 0) is 32.0 Å². The molecule has 1 nitrogen and oxygen atoms in total. The summed E-state index contributed by atoms with van der Waals surface area (Å²) < 4.78 is 7.43. The molecule has 0 N–H and O–H groups in total. The third kappa shape index (κ3) is 9.60. The lowest BCUT2D eigenvalue weighted by Gasteiger charge is -2.33. The maximum absolute atomic E-state index is 6.69. The molecule has 0 amide bonds. The van der Waals surface area contributed by atoms with Crippen LogP contribution in [0.25, 0.3) is 0 Å². The van der Waals surface area contributed by atoms with Gasteiger partial charge in [0.2, 0.25) is 0 Å². The van der Waals surface area contributed by atoms with E-state index in [-0.39, 0.29) is 0 Å². The van der Waals surface area contributed by atoms with Gasteiger partial charge in [-0.2, -0.15) is 0 Å². The lowest BCUT2D eigenvalue weighted by Crippen LogP contribution is -2.39. The highest BCUT2D eigenvalue weighted by Crippen LogP contribution is 2.29. The van der Waals surface area contributed by atoms with Gasteiger partial charge in [0.1, 0.15) is 0 Å². The van der Waals surface area contributed by atoms with Crippen LogP contribution >= 0.6 is 22.6 Å². The van der Waals surface area contributed by atoms with Crippen molar-refractivity contribution in [3.63, 3.8) is 0 Å². The molecule has 0 aliphatic heterocycles. The van der Waals surface area contributed by atoms with Crippen LogP contribution in [0.4, 0.5) is 0 Å². The molecule has 1 fully saturated rings. The number of rotatable bonds is 9. The van der Waals surface area contributed by atoms with Gasteiger partial charge in [-0.25, -0.2) is 0 Å². The first-order valence-corrected chi connectivity index (χ1v) is 13.7. The Morgan fingerprint density at radius 3 is 2.24 bits per heavy atom. The van der Waals surface area contributed by atoms with Crippen molar-refractivity contribution in [2.75, 3.05) is 0 Å². The summed E-state index contributed by atoms with van der Waals surface area (Å²) >= 11 is 2.66. The molecule has 21 heavy (non-hydrogen) atoms. The minimum Gasteiger partial charge on any atom is -0.413 e. The quantitative estimate of drug-likeness (QED) is 0.166. The number of alkyl halides is 1. The Balaban J connectivity index is 2.25. The predicted molar refractivity (Wildman–Crippen MR) is 106 cm³/mol. The molecule has 3 heteroatoms. The van der Waals surface area contributed by atoms with Crippen LogP contribution in [-0.4, -0.2) is 18.3 Å². The van der Waals surface area contributed by atoms with Crippen molar-refractivity contribution in [1.82, 2.24) is 0 Å². The van der Waals surface area contributed by atoms with Crippen molar-refractivity contribution < 1.29 is 4.43 Å². The molecule has 0 aromatic carbocycles. The maximum atomic E-state index is 6.69. The first kappa shape index (κ1) is 20.0. The van der Waals surface area contributed by atoms with Gasteiger partial charge in [-0.1, -0.05) is 93.7 Å². The van der Waals surface area contributed by atoms with Crippen molar-refractivity contribution in [2.24, 2.45) is 0 Å². The van der Waals surface area contributed by atoms with Crippen LogP contribution < -0.4 is 0 Å². The van der Waals surface area contributed by atoms with Crippen LogP contribution in [0.2, 0.25) is 19.1 Å². The first-order chi connectivity index (χ1) is 10.0. The van der Waals surface area contributed by atoms with E-state index in [1.54, 1.807) is 0 Å². The molecule has 1 saturated carbocycles. The van der Waals surface area contributed by atoms with Crippen LogP contribution in [-0.2, 0) is 4.43 Å². The minimum atomic E-state index is -1.44. The average molecular weight is 424 g/mol. The number of unbranched alkanes of at least 4 members (excludes halogenated alkanes) is 5. The monoisotopic (exact) mass is 424 g/mol. The molecule has 126 valence electrons. The predicted octanol–water partition coefficient (Wildman–Crippen LogP) is 7.10. The fourth-order valence-corrected chi connectivity index (χ4v) is 6.88. The number of halogens is 1. The molecule has 0 radical (unpaired) electrons. The fraction of sp³-hybridized carbons (Fsp3) is 1.00. The van der Waals surface area contributed by atoms with E-state index in [4.69, 9.17) is 4.43 Å². The van der Waals surface area contributed by atoms with Crippen molar-refractivity contribution in [2.45, 2.75) is 113 Å². The first-order valence-electron chi connectivity index (χ1n) is 9.37. The van der Waals surface area contributed by atoms with Crippen LogP contribution in [0.15, 0.2) is 0 Å². The highest BCUT2D eigenvalue weighted by Gasteiger charge is 2.30. The second kappa shape index (κ2) is 11.4. The van der Waals surface area contributed by atoms with Crippen molar-refractivity contribution in [3.05, 3.63) is 0 Å². The summed E-state index contributed by atoms with van der Waals surface area (Å²) in [5, 5.41) is 0. The SMILES string of the molecule is CCCCCCCC[Si](C)(C)OC1CCCCCCC1I. The zero-order valence-electron chi connectivity index (χ0n) is 14.6. The van der Waals surface area contributed by atoms with E-state index in [1.165, 1.54) is 83.1 Å². The Morgan fingerprint density at radius 1 is 0.905 bits per heavy atom. The Hall–Kier alpha value is 0.907. The van der Waals surface area contributed by atoms with Crippen molar-refractivity contribution in [3.8, 4) is 0 Å². The molecule has 0 aromatic rings. The van der Waals surface area contributed by atoms with Crippen LogP contribution in [0.5, 0.6) is 0 Å². The Labute approximate surface area is 148 Å². The zero-order valence-corrected chi connectivity index (χ0v) is 17.8. The molecule has 1 aliphatic carbocycles. The summed E-state index contributed by atoms with van der Waals surface area (Å²) in [6.45, 7) is 7.18. The third-order valence-electron chi connectivity index (χ3n) is 4.72. The van der Waals surface area contributed by atoms with Gasteiger partial charge >= 0.3 is 0 Å². The molecular formula is C18H37IOSi. The number of hydrogen-bond acceptors (Lipinski definition) is 1. The maximum Gasteiger partial charge on any atom is 0.187 e. The van der Waals surface area contributed by atoms with Gasteiger partial charge in [0.15, 0.2) is 8.32 Å². The molecule has 0 heterocycles. The summed E-state index contributed by atoms with van der Waals surface area (Å²) in [6.07, 6.45) is 17.3. The van der Waals surface area contributed by atoms with E-state index in [2.05, 4.69) is 42.6 Å². The summed E-state index contributed by atoms with van der Waals surface area (Å²) in [5.41, 5.74) is 0. The van der Waals surface area contributed by atoms with Crippen molar-refractivity contribution >= 4 is 30.9 Å². The summed E-state index contributed by atoms with van der Waals surface area (Å²) in [6, 6.07) is 1.36. The smallest absolute Gasteiger partial charge is 0.187 e. The standard InChI is InChI=1S/C18H37IOSi/c1-4-5-6-7-10-13-16-21(2,3)20-18-15-12-9-8-11-14-17(18)19/h17-18H,4-16H2,1-3H3. The van der Waals surface area contributed by atoms with Gasteiger partial charge in [0.25, 0.3) is 0 Å². The van der Waals surface area contributed by atoms with E-state index in [9.17, 15) is 0 Å². The summed E-state index contributed by atoms with van der Waals surface area (Å²) in [4.78, 5) is 0. The lowest BCUT2D eigenvalue weighted by molar-refractivity contribution is 0.168. The highest BCUT2D eigenvalue weighted by molar-refractivity contribution is 14.1. The lowest BCUT2D eigenvalue weighted by atomic mass is 9.99. The molecule has 0 saturated heterocycles. The largest absolute Gasteiger partial charge is 0.413 e. The van der Waals surface area contributed by atoms with Gasteiger partial charge in [0.05, 0.1) is 6.10 Å². The van der Waals surface area contributed by atoms with Crippen molar-refractivity contribution in [1.29, 1.82) is 0 Å². The summed E-state index contributed by atoms with van der Waals surface area (Å²) in [7, 11) is -1.44. The highest BCUT2D eigenvalue weighted by atomic mass is 127. The average Bonchev–Trinajstić information content (AvgIpc) is 2.42. The van der Waals surface area contributed by atoms with Gasteiger partial charge in [0, 0.05) is 3.92 Å². The normalized spacial score (nSPS) is 24.6. The van der Waals surface area contributed by atoms with Gasteiger partial charge < -0.3 is 4.43 Å². The molecular weight excluding hydrogens is 387 g/mol. The van der Waals surface area contributed by atoms with Gasteiger partial charge in [-0.15, -0.1) is 0 Å². The second-order valence-corrected chi connectivity index (χ2v) is 13.3. The molecule has 0 bridgehead atoms. The van der Waals surface area contributed by atoms with Crippen LogP contribution in [0, 0.1) is 0 Å². The van der Waals surface area contributed by atoms with Crippen LogP contribution in [0.3, 0.4) is 0 Å². The minimum absolute atomic E-state index is 0.549. The Kier molecular flexibility index (Phi) is 10.9. The Bertz CT molecular complexity index is 258.